The van der Waals surface area contributed by atoms with E-state index in [9.17, 15) is 4.79 Å². The summed E-state index contributed by atoms with van der Waals surface area (Å²) in [6.45, 7) is 1.66. The number of amides is 1. The number of benzene rings is 1. The second-order valence-electron chi connectivity index (χ2n) is 6.76. The zero-order valence-electron chi connectivity index (χ0n) is 11.8. The summed E-state index contributed by atoms with van der Waals surface area (Å²) >= 11 is 0. The maximum Gasteiger partial charge on any atom is 0.226 e. The topological polar surface area (TPSA) is 46.3 Å². The summed E-state index contributed by atoms with van der Waals surface area (Å²) in [5.41, 5.74) is 9.09. The number of carbonyl (C=O) groups excluding carboxylic acids is 1. The highest BCUT2D eigenvalue weighted by molar-refractivity contribution is 5.85. The van der Waals surface area contributed by atoms with Crippen molar-refractivity contribution in [3.63, 3.8) is 0 Å². The molecular formula is C17H22N2O. The summed E-state index contributed by atoms with van der Waals surface area (Å²) in [6, 6.07) is 8.86. The van der Waals surface area contributed by atoms with Crippen molar-refractivity contribution in [2.24, 2.45) is 11.7 Å². The van der Waals surface area contributed by atoms with Crippen LogP contribution in [-0.4, -0.2) is 29.9 Å². The number of hydrogen-bond acceptors (Lipinski definition) is 2. The smallest absolute Gasteiger partial charge is 0.226 e. The standard InChI is InChI=1S/C17H22N2O/c18-13-5-3-9-19(11-13)16(20)15-10-17(15)8-7-12-4-1-2-6-14(12)17/h1-2,4,6,13,15H,3,5,7-11,18H2. The molecule has 1 aromatic carbocycles. The molecule has 0 radical (unpaired) electrons. The average molecular weight is 270 g/mol. The summed E-state index contributed by atoms with van der Waals surface area (Å²) in [7, 11) is 0. The zero-order chi connectivity index (χ0) is 13.7. The van der Waals surface area contributed by atoms with E-state index in [1.54, 1.807) is 0 Å². The van der Waals surface area contributed by atoms with Crippen LogP contribution in [0.1, 0.15) is 36.8 Å². The van der Waals surface area contributed by atoms with E-state index in [-0.39, 0.29) is 17.4 Å². The first-order valence-corrected chi connectivity index (χ1v) is 7.83. The Hall–Kier alpha value is -1.35. The third-order valence-corrected chi connectivity index (χ3v) is 5.54. The van der Waals surface area contributed by atoms with Gasteiger partial charge in [0.1, 0.15) is 0 Å². The van der Waals surface area contributed by atoms with Crippen LogP contribution < -0.4 is 5.73 Å². The van der Waals surface area contributed by atoms with Crippen molar-refractivity contribution >= 4 is 5.91 Å². The molecule has 2 N–H and O–H groups in total. The highest BCUT2D eigenvalue weighted by Gasteiger charge is 2.62. The van der Waals surface area contributed by atoms with Gasteiger partial charge in [-0.2, -0.15) is 0 Å². The van der Waals surface area contributed by atoms with Gasteiger partial charge in [-0.3, -0.25) is 4.79 Å². The number of piperidine rings is 1. The highest BCUT2D eigenvalue weighted by atomic mass is 16.2. The van der Waals surface area contributed by atoms with Gasteiger partial charge in [-0.1, -0.05) is 24.3 Å². The third kappa shape index (κ3) is 1.72. The Balaban J connectivity index is 1.54. The Bertz CT molecular complexity index is 556. The molecule has 1 saturated heterocycles. The lowest BCUT2D eigenvalue weighted by molar-refractivity contribution is -0.134. The molecular weight excluding hydrogens is 248 g/mol. The summed E-state index contributed by atoms with van der Waals surface area (Å²) in [5, 5.41) is 0. The molecule has 1 aromatic rings. The Kier molecular flexibility index (Phi) is 2.68. The van der Waals surface area contributed by atoms with Crippen molar-refractivity contribution in [2.45, 2.75) is 43.6 Å². The van der Waals surface area contributed by atoms with E-state index >= 15 is 0 Å². The van der Waals surface area contributed by atoms with Crippen molar-refractivity contribution in [1.82, 2.24) is 4.90 Å². The maximum absolute atomic E-state index is 12.7. The molecule has 20 heavy (non-hydrogen) atoms. The first kappa shape index (κ1) is 12.4. The second-order valence-corrected chi connectivity index (χ2v) is 6.76. The molecule has 1 amide bonds. The Morgan fingerprint density at radius 3 is 3.05 bits per heavy atom. The van der Waals surface area contributed by atoms with E-state index in [0.717, 1.165) is 45.2 Å². The fraction of sp³-hybridized carbons (Fsp3) is 0.588. The van der Waals surface area contributed by atoms with Gasteiger partial charge in [0, 0.05) is 30.5 Å². The van der Waals surface area contributed by atoms with Gasteiger partial charge in [-0.05, 0) is 43.2 Å². The second kappa shape index (κ2) is 4.32. The molecule has 1 spiro atoms. The molecule has 3 atom stereocenters. The van der Waals surface area contributed by atoms with Crippen LogP contribution in [0.5, 0.6) is 0 Å². The minimum absolute atomic E-state index is 0.176. The van der Waals surface area contributed by atoms with Gasteiger partial charge in [0.2, 0.25) is 5.91 Å². The van der Waals surface area contributed by atoms with Gasteiger partial charge in [0.15, 0.2) is 0 Å². The summed E-state index contributed by atoms with van der Waals surface area (Å²) < 4.78 is 0. The number of nitrogens with two attached hydrogens (primary N) is 1. The summed E-state index contributed by atoms with van der Waals surface area (Å²) in [6.07, 6.45) is 5.46. The zero-order valence-corrected chi connectivity index (χ0v) is 11.8. The van der Waals surface area contributed by atoms with E-state index in [2.05, 4.69) is 24.3 Å². The number of likely N-dealkylation sites (tertiary alicyclic amines) is 1. The lowest BCUT2D eigenvalue weighted by Gasteiger charge is -2.31. The minimum atomic E-state index is 0.176. The van der Waals surface area contributed by atoms with Crippen molar-refractivity contribution in [3.8, 4) is 0 Å². The van der Waals surface area contributed by atoms with E-state index in [1.165, 1.54) is 11.1 Å². The SMILES string of the molecule is NC1CCCN(C(=O)C2CC23CCc2ccccc23)C1. The first-order valence-electron chi connectivity index (χ1n) is 7.83. The molecule has 2 aliphatic carbocycles. The summed E-state index contributed by atoms with van der Waals surface area (Å²) in [5.74, 6) is 0.577. The molecule has 3 nitrogen and oxygen atoms in total. The molecule has 106 valence electrons. The minimum Gasteiger partial charge on any atom is -0.341 e. The van der Waals surface area contributed by atoms with Crippen LogP contribution in [0, 0.1) is 5.92 Å². The molecule has 1 aliphatic heterocycles. The van der Waals surface area contributed by atoms with Crippen molar-refractivity contribution in [1.29, 1.82) is 0 Å². The van der Waals surface area contributed by atoms with Crippen molar-refractivity contribution in [2.75, 3.05) is 13.1 Å². The third-order valence-electron chi connectivity index (χ3n) is 5.54. The molecule has 3 unspecified atom stereocenters. The Morgan fingerprint density at radius 1 is 1.35 bits per heavy atom. The predicted molar refractivity (Wildman–Crippen MR) is 78.3 cm³/mol. The molecule has 2 fully saturated rings. The monoisotopic (exact) mass is 270 g/mol. The average Bonchev–Trinajstić information content (AvgIpc) is 3.08. The van der Waals surface area contributed by atoms with Crippen molar-refractivity contribution in [3.05, 3.63) is 35.4 Å². The fourth-order valence-corrected chi connectivity index (χ4v) is 4.35. The van der Waals surface area contributed by atoms with Crippen LogP contribution in [-0.2, 0) is 16.6 Å². The first-order chi connectivity index (χ1) is 9.71. The molecule has 0 bridgehead atoms. The van der Waals surface area contributed by atoms with Gasteiger partial charge >= 0.3 is 0 Å². The van der Waals surface area contributed by atoms with Gasteiger partial charge in [0.25, 0.3) is 0 Å². The number of fused-ring (bicyclic) bond motifs is 2. The van der Waals surface area contributed by atoms with Crippen LogP contribution in [0.2, 0.25) is 0 Å². The molecule has 0 aromatic heterocycles. The van der Waals surface area contributed by atoms with E-state index in [0.29, 0.717) is 5.91 Å². The van der Waals surface area contributed by atoms with Crippen LogP contribution in [0.3, 0.4) is 0 Å². The number of carbonyl (C=O) groups is 1. The van der Waals surface area contributed by atoms with Gasteiger partial charge in [0.05, 0.1) is 0 Å². The van der Waals surface area contributed by atoms with Crippen LogP contribution in [0.15, 0.2) is 24.3 Å². The van der Waals surface area contributed by atoms with E-state index in [1.807, 2.05) is 4.90 Å². The largest absolute Gasteiger partial charge is 0.341 e. The van der Waals surface area contributed by atoms with Gasteiger partial charge < -0.3 is 10.6 Å². The van der Waals surface area contributed by atoms with Gasteiger partial charge in [-0.15, -0.1) is 0 Å². The number of nitrogens with zero attached hydrogens (tertiary/aromatic N) is 1. The molecule has 3 aliphatic rings. The van der Waals surface area contributed by atoms with Crippen LogP contribution in [0.25, 0.3) is 0 Å². The van der Waals surface area contributed by atoms with E-state index < -0.39 is 0 Å². The van der Waals surface area contributed by atoms with Gasteiger partial charge in [-0.25, -0.2) is 0 Å². The molecule has 1 saturated carbocycles. The predicted octanol–water partition coefficient (Wildman–Crippen LogP) is 1.84. The molecule has 4 rings (SSSR count). The molecule has 3 heteroatoms. The lowest BCUT2D eigenvalue weighted by Crippen LogP contribution is -2.46. The normalized spacial score (nSPS) is 35.1. The fourth-order valence-electron chi connectivity index (χ4n) is 4.35. The maximum atomic E-state index is 12.7. The Labute approximate surface area is 120 Å². The lowest BCUT2D eigenvalue weighted by atomic mass is 9.94. The highest BCUT2D eigenvalue weighted by Crippen LogP contribution is 2.62. The molecule has 1 heterocycles. The number of aryl methyl sites for hydroxylation is 1. The summed E-state index contributed by atoms with van der Waals surface area (Å²) in [4.78, 5) is 14.8. The Morgan fingerprint density at radius 2 is 2.20 bits per heavy atom. The number of rotatable bonds is 1. The van der Waals surface area contributed by atoms with Crippen molar-refractivity contribution < 1.29 is 4.79 Å². The number of hydrogen-bond donors (Lipinski definition) is 1. The van der Waals surface area contributed by atoms with Crippen LogP contribution >= 0.6 is 0 Å². The van der Waals surface area contributed by atoms with Crippen LogP contribution in [0.4, 0.5) is 0 Å². The quantitative estimate of drug-likeness (QED) is 0.846. The van der Waals surface area contributed by atoms with E-state index in [4.69, 9.17) is 5.73 Å².